The average Bonchev–Trinajstić information content (AvgIpc) is 2.90. The number of aliphatic hydroxyl groups is 1. The Morgan fingerprint density at radius 3 is 3.05 bits per heavy atom. The van der Waals surface area contributed by atoms with E-state index in [1.807, 2.05) is 19.1 Å². The predicted octanol–water partition coefficient (Wildman–Crippen LogP) is 2.64. The van der Waals surface area contributed by atoms with E-state index < -0.39 is 0 Å². The van der Waals surface area contributed by atoms with Crippen molar-refractivity contribution in [2.45, 2.75) is 51.3 Å². The third kappa shape index (κ3) is 4.95. The molecule has 2 heterocycles. The average molecular weight is 331 g/mol. The first-order valence-corrected chi connectivity index (χ1v) is 8.72. The Kier molecular flexibility index (Phi) is 6.48. The zero-order chi connectivity index (χ0) is 15.2. The maximum Gasteiger partial charge on any atom is 0.234 e. The summed E-state index contributed by atoms with van der Waals surface area (Å²) in [5.41, 5.74) is 0. The SMILES string of the molecule is CCC(O)C1CCCCN1CC(=O)NCc1ccc(Cl)s1. The lowest BCUT2D eigenvalue weighted by Crippen LogP contribution is -2.50. The summed E-state index contributed by atoms with van der Waals surface area (Å²) in [5.74, 6) is 0.00901. The molecule has 1 aromatic rings. The molecule has 2 N–H and O–H groups in total. The number of nitrogens with zero attached hydrogens (tertiary/aromatic N) is 1. The molecule has 0 saturated carbocycles. The number of thiophene rings is 1. The van der Waals surface area contributed by atoms with E-state index in [4.69, 9.17) is 11.6 Å². The summed E-state index contributed by atoms with van der Waals surface area (Å²) >= 11 is 7.35. The highest BCUT2D eigenvalue weighted by atomic mass is 35.5. The van der Waals surface area contributed by atoms with Crippen LogP contribution in [0.1, 0.15) is 37.5 Å². The van der Waals surface area contributed by atoms with Crippen LogP contribution in [0.3, 0.4) is 0 Å². The molecule has 4 nitrogen and oxygen atoms in total. The molecule has 1 fully saturated rings. The summed E-state index contributed by atoms with van der Waals surface area (Å²) in [6.45, 7) is 3.75. The number of carbonyl (C=O) groups excluding carboxylic acids is 1. The maximum absolute atomic E-state index is 12.1. The second-order valence-corrected chi connectivity index (χ2v) is 7.29. The van der Waals surface area contributed by atoms with Crippen LogP contribution in [0.25, 0.3) is 0 Å². The van der Waals surface area contributed by atoms with Crippen molar-refractivity contribution in [1.29, 1.82) is 0 Å². The van der Waals surface area contributed by atoms with Gasteiger partial charge in [-0.05, 0) is 37.9 Å². The van der Waals surface area contributed by atoms with Gasteiger partial charge < -0.3 is 10.4 Å². The lowest BCUT2D eigenvalue weighted by atomic mass is 9.96. The normalized spacial score (nSPS) is 21.2. The highest BCUT2D eigenvalue weighted by molar-refractivity contribution is 7.16. The van der Waals surface area contributed by atoms with Crippen molar-refractivity contribution in [3.8, 4) is 0 Å². The van der Waals surface area contributed by atoms with Crippen molar-refractivity contribution in [1.82, 2.24) is 10.2 Å². The molecule has 0 aromatic carbocycles. The number of aliphatic hydroxyl groups excluding tert-OH is 1. The molecule has 0 spiro atoms. The number of halogens is 1. The molecule has 6 heteroatoms. The minimum atomic E-state index is -0.339. The van der Waals surface area contributed by atoms with Crippen molar-refractivity contribution in [2.75, 3.05) is 13.1 Å². The van der Waals surface area contributed by atoms with E-state index in [1.165, 1.54) is 11.3 Å². The summed E-state index contributed by atoms with van der Waals surface area (Å²) in [6.07, 6.45) is 3.60. The molecule has 0 bridgehead atoms. The van der Waals surface area contributed by atoms with Crippen LogP contribution in [0.2, 0.25) is 4.34 Å². The molecule has 0 radical (unpaired) electrons. The van der Waals surface area contributed by atoms with Crippen LogP contribution in [0.5, 0.6) is 0 Å². The van der Waals surface area contributed by atoms with Gasteiger partial charge in [-0.3, -0.25) is 9.69 Å². The Hall–Kier alpha value is -0.620. The number of amides is 1. The summed E-state index contributed by atoms with van der Waals surface area (Å²) in [4.78, 5) is 15.3. The summed E-state index contributed by atoms with van der Waals surface area (Å²) in [7, 11) is 0. The van der Waals surface area contributed by atoms with E-state index in [-0.39, 0.29) is 18.1 Å². The number of rotatable bonds is 6. The molecule has 0 aliphatic carbocycles. The van der Waals surface area contributed by atoms with Crippen molar-refractivity contribution in [3.05, 3.63) is 21.3 Å². The minimum absolute atomic E-state index is 0.00901. The maximum atomic E-state index is 12.1. The Morgan fingerprint density at radius 1 is 1.57 bits per heavy atom. The van der Waals surface area contributed by atoms with Crippen LogP contribution in [-0.4, -0.2) is 41.1 Å². The van der Waals surface area contributed by atoms with Gasteiger partial charge in [0.05, 0.1) is 23.5 Å². The molecule has 1 aliphatic rings. The molecule has 2 rings (SSSR count). The Labute approximate surface area is 135 Å². The lowest BCUT2D eigenvalue weighted by molar-refractivity contribution is -0.124. The molecule has 1 aromatic heterocycles. The van der Waals surface area contributed by atoms with Crippen molar-refractivity contribution in [2.24, 2.45) is 0 Å². The van der Waals surface area contributed by atoms with Gasteiger partial charge >= 0.3 is 0 Å². The third-order valence-electron chi connectivity index (χ3n) is 3.96. The van der Waals surface area contributed by atoms with Gasteiger partial charge in [-0.2, -0.15) is 0 Å². The van der Waals surface area contributed by atoms with Crippen LogP contribution < -0.4 is 5.32 Å². The van der Waals surface area contributed by atoms with Crippen LogP contribution >= 0.6 is 22.9 Å². The highest BCUT2D eigenvalue weighted by Gasteiger charge is 2.28. The van der Waals surface area contributed by atoms with E-state index in [9.17, 15) is 9.90 Å². The fourth-order valence-corrected chi connectivity index (χ4v) is 3.82. The van der Waals surface area contributed by atoms with Crippen LogP contribution in [0.15, 0.2) is 12.1 Å². The third-order valence-corrected chi connectivity index (χ3v) is 5.19. The van der Waals surface area contributed by atoms with Gasteiger partial charge in [-0.1, -0.05) is 24.9 Å². The first-order valence-electron chi connectivity index (χ1n) is 7.53. The molecular weight excluding hydrogens is 308 g/mol. The van der Waals surface area contributed by atoms with Crippen LogP contribution in [-0.2, 0) is 11.3 Å². The second-order valence-electron chi connectivity index (χ2n) is 5.49. The monoisotopic (exact) mass is 330 g/mol. The number of likely N-dealkylation sites (tertiary alicyclic amines) is 1. The molecular formula is C15H23ClN2O2S. The van der Waals surface area contributed by atoms with E-state index in [0.717, 1.165) is 41.4 Å². The Balaban J connectivity index is 1.82. The second kappa shape index (κ2) is 8.13. The molecule has 1 aliphatic heterocycles. The van der Waals surface area contributed by atoms with Crippen molar-refractivity contribution in [3.63, 3.8) is 0 Å². The zero-order valence-corrected chi connectivity index (χ0v) is 13.9. The Morgan fingerprint density at radius 2 is 2.38 bits per heavy atom. The van der Waals surface area contributed by atoms with Gasteiger partial charge in [-0.15, -0.1) is 11.3 Å². The van der Waals surface area contributed by atoms with Gasteiger partial charge in [0.1, 0.15) is 0 Å². The molecule has 21 heavy (non-hydrogen) atoms. The number of hydrogen-bond donors (Lipinski definition) is 2. The smallest absolute Gasteiger partial charge is 0.234 e. The minimum Gasteiger partial charge on any atom is -0.392 e. The molecule has 2 atom stereocenters. The fourth-order valence-electron chi connectivity index (χ4n) is 2.79. The number of hydrogen-bond acceptors (Lipinski definition) is 4. The molecule has 118 valence electrons. The van der Waals surface area contributed by atoms with Gasteiger partial charge in [0, 0.05) is 10.9 Å². The van der Waals surface area contributed by atoms with Crippen LogP contribution in [0.4, 0.5) is 0 Å². The summed E-state index contributed by atoms with van der Waals surface area (Å²) in [5, 5.41) is 13.0. The quantitative estimate of drug-likeness (QED) is 0.843. The van der Waals surface area contributed by atoms with Gasteiger partial charge in [0.25, 0.3) is 0 Å². The van der Waals surface area contributed by atoms with Gasteiger partial charge in [-0.25, -0.2) is 0 Å². The van der Waals surface area contributed by atoms with Crippen molar-refractivity contribution < 1.29 is 9.90 Å². The zero-order valence-electron chi connectivity index (χ0n) is 12.3. The number of piperidine rings is 1. The summed E-state index contributed by atoms with van der Waals surface area (Å²) < 4.78 is 0.737. The van der Waals surface area contributed by atoms with E-state index in [0.29, 0.717) is 13.1 Å². The lowest BCUT2D eigenvalue weighted by Gasteiger charge is -2.37. The van der Waals surface area contributed by atoms with Crippen LogP contribution in [0, 0.1) is 0 Å². The predicted molar refractivity (Wildman–Crippen MR) is 86.7 cm³/mol. The van der Waals surface area contributed by atoms with E-state index >= 15 is 0 Å². The number of carbonyl (C=O) groups is 1. The first-order chi connectivity index (χ1) is 10.1. The molecule has 1 saturated heterocycles. The first kappa shape index (κ1) is 16.7. The van der Waals surface area contributed by atoms with E-state index in [2.05, 4.69) is 10.2 Å². The fraction of sp³-hybridized carbons (Fsp3) is 0.667. The van der Waals surface area contributed by atoms with Gasteiger partial charge in [0.15, 0.2) is 0 Å². The largest absolute Gasteiger partial charge is 0.392 e. The highest BCUT2D eigenvalue weighted by Crippen LogP contribution is 2.22. The topological polar surface area (TPSA) is 52.6 Å². The molecule has 2 unspecified atom stereocenters. The number of nitrogens with one attached hydrogen (secondary N) is 1. The van der Waals surface area contributed by atoms with E-state index in [1.54, 1.807) is 0 Å². The molecule has 1 amide bonds. The van der Waals surface area contributed by atoms with Gasteiger partial charge in [0.2, 0.25) is 5.91 Å². The Bertz CT molecular complexity index is 466. The summed E-state index contributed by atoms with van der Waals surface area (Å²) in [6, 6.07) is 3.88. The standard InChI is InChI=1S/C15H23ClN2O2S/c1-2-13(19)12-5-3-4-8-18(12)10-15(20)17-9-11-6-7-14(16)21-11/h6-7,12-13,19H,2-5,8-10H2,1H3,(H,17,20). The van der Waals surface area contributed by atoms with Crippen molar-refractivity contribution >= 4 is 28.8 Å².